The molecule has 0 amide bonds. The van der Waals surface area contributed by atoms with Crippen molar-refractivity contribution < 1.29 is 13.0 Å². The number of hydrogen-bond donors (Lipinski definition) is 2. The summed E-state index contributed by atoms with van der Waals surface area (Å²) in [6, 6.07) is 5.67. The average molecular weight is 201 g/mol. The second-order valence-electron chi connectivity index (χ2n) is 2.83. The summed E-state index contributed by atoms with van der Waals surface area (Å²) < 4.78 is 29.9. The molecule has 0 spiro atoms. The van der Waals surface area contributed by atoms with Crippen molar-refractivity contribution in [2.45, 2.75) is 17.9 Å². The number of hydrogen-bond acceptors (Lipinski definition) is 3. The lowest BCUT2D eigenvalue weighted by atomic mass is 10.1. The maximum Gasteiger partial charge on any atom is 0.294 e. The Bertz CT molecular complexity index is 380. The number of rotatable bonds is 2. The van der Waals surface area contributed by atoms with E-state index in [1.54, 1.807) is 19.1 Å². The number of nitrogens with two attached hydrogens (primary N) is 1. The van der Waals surface area contributed by atoms with Gasteiger partial charge >= 0.3 is 0 Å². The molecule has 1 aromatic carbocycles. The molecular formula is C8H11NO3S. The van der Waals surface area contributed by atoms with Crippen LogP contribution >= 0.6 is 0 Å². The average Bonchev–Trinajstić information content (AvgIpc) is 2.03. The summed E-state index contributed by atoms with van der Waals surface area (Å²) in [5, 5.41) is 0. The van der Waals surface area contributed by atoms with E-state index in [0.29, 0.717) is 0 Å². The third-order valence-electron chi connectivity index (χ3n) is 1.70. The van der Waals surface area contributed by atoms with Gasteiger partial charge in [-0.2, -0.15) is 8.42 Å². The lowest BCUT2D eigenvalue weighted by Gasteiger charge is -2.04. The van der Waals surface area contributed by atoms with E-state index in [2.05, 4.69) is 0 Å². The molecule has 1 atom stereocenters. The monoisotopic (exact) mass is 201 g/mol. The van der Waals surface area contributed by atoms with Gasteiger partial charge in [-0.15, -0.1) is 0 Å². The van der Waals surface area contributed by atoms with Gasteiger partial charge < -0.3 is 5.73 Å². The highest BCUT2D eigenvalue weighted by Gasteiger charge is 2.08. The normalized spacial score (nSPS) is 14.1. The van der Waals surface area contributed by atoms with Gasteiger partial charge in [0, 0.05) is 6.04 Å². The molecule has 13 heavy (non-hydrogen) atoms. The molecule has 1 rings (SSSR count). The summed E-state index contributed by atoms with van der Waals surface area (Å²) in [6.07, 6.45) is 0. The maximum absolute atomic E-state index is 10.6. The molecule has 0 radical (unpaired) electrons. The Labute approximate surface area is 77.1 Å². The van der Waals surface area contributed by atoms with Gasteiger partial charge in [0.25, 0.3) is 10.1 Å². The van der Waals surface area contributed by atoms with Crippen molar-refractivity contribution in [3.05, 3.63) is 29.8 Å². The van der Waals surface area contributed by atoms with Crippen LogP contribution in [0.2, 0.25) is 0 Å². The molecule has 0 fully saturated rings. The molecule has 0 bridgehead atoms. The molecule has 0 aliphatic rings. The lowest BCUT2D eigenvalue weighted by Crippen LogP contribution is -2.05. The zero-order valence-corrected chi connectivity index (χ0v) is 7.95. The van der Waals surface area contributed by atoms with E-state index >= 15 is 0 Å². The first-order chi connectivity index (χ1) is 5.91. The van der Waals surface area contributed by atoms with Crippen LogP contribution in [0, 0.1) is 0 Å². The van der Waals surface area contributed by atoms with Crippen LogP contribution in [0.5, 0.6) is 0 Å². The van der Waals surface area contributed by atoms with Crippen LogP contribution < -0.4 is 5.73 Å². The molecule has 0 unspecified atom stereocenters. The van der Waals surface area contributed by atoms with Crippen molar-refractivity contribution in [1.82, 2.24) is 0 Å². The highest BCUT2D eigenvalue weighted by molar-refractivity contribution is 7.85. The van der Waals surface area contributed by atoms with Gasteiger partial charge in [-0.1, -0.05) is 12.1 Å². The van der Waals surface area contributed by atoms with Gasteiger partial charge in [0.1, 0.15) is 0 Å². The Morgan fingerprint density at radius 1 is 1.31 bits per heavy atom. The van der Waals surface area contributed by atoms with Gasteiger partial charge in [0.05, 0.1) is 4.90 Å². The van der Waals surface area contributed by atoms with Gasteiger partial charge in [-0.25, -0.2) is 0 Å². The zero-order valence-electron chi connectivity index (χ0n) is 7.14. The maximum atomic E-state index is 10.6. The highest BCUT2D eigenvalue weighted by atomic mass is 32.2. The van der Waals surface area contributed by atoms with Crippen LogP contribution in [-0.2, 0) is 10.1 Å². The molecule has 1 aromatic rings. The molecule has 0 aromatic heterocycles. The van der Waals surface area contributed by atoms with E-state index in [1.165, 1.54) is 12.1 Å². The van der Waals surface area contributed by atoms with E-state index in [4.69, 9.17) is 10.3 Å². The third kappa shape index (κ3) is 2.51. The van der Waals surface area contributed by atoms with Crippen LogP contribution in [0.4, 0.5) is 0 Å². The minimum Gasteiger partial charge on any atom is -0.324 e. The predicted molar refractivity (Wildman–Crippen MR) is 48.9 cm³/mol. The zero-order chi connectivity index (χ0) is 10.1. The molecule has 0 saturated heterocycles. The Kier molecular flexibility index (Phi) is 2.70. The first-order valence-corrected chi connectivity index (χ1v) is 5.18. The second-order valence-corrected chi connectivity index (χ2v) is 4.25. The Morgan fingerprint density at radius 3 is 2.08 bits per heavy atom. The fourth-order valence-corrected chi connectivity index (χ4v) is 1.42. The quantitative estimate of drug-likeness (QED) is 0.698. The van der Waals surface area contributed by atoms with Crippen molar-refractivity contribution in [1.29, 1.82) is 0 Å². The van der Waals surface area contributed by atoms with Gasteiger partial charge in [-0.3, -0.25) is 4.55 Å². The van der Waals surface area contributed by atoms with Crippen molar-refractivity contribution in [2.24, 2.45) is 5.73 Å². The third-order valence-corrected chi connectivity index (χ3v) is 2.57. The lowest BCUT2D eigenvalue weighted by molar-refractivity contribution is 0.483. The molecule has 0 heterocycles. The Morgan fingerprint density at radius 2 is 1.77 bits per heavy atom. The van der Waals surface area contributed by atoms with Gasteiger partial charge in [-0.05, 0) is 24.6 Å². The van der Waals surface area contributed by atoms with Gasteiger partial charge in [0.2, 0.25) is 0 Å². The van der Waals surface area contributed by atoms with Crippen molar-refractivity contribution >= 4 is 10.1 Å². The standard InChI is InChI=1S/C8H11NO3S/c1-6(9)7-2-4-8(5-3-7)13(10,11)12/h2-6H,9H2,1H3,(H,10,11,12)/t6-/m0/s1. The van der Waals surface area contributed by atoms with Crippen molar-refractivity contribution in [3.63, 3.8) is 0 Å². The summed E-state index contributed by atoms with van der Waals surface area (Å²) in [7, 11) is -4.09. The van der Waals surface area contributed by atoms with Crippen LogP contribution in [0.15, 0.2) is 29.2 Å². The Hall–Kier alpha value is -0.910. The van der Waals surface area contributed by atoms with E-state index in [0.717, 1.165) is 5.56 Å². The van der Waals surface area contributed by atoms with Crippen molar-refractivity contribution in [3.8, 4) is 0 Å². The second kappa shape index (κ2) is 3.45. The van der Waals surface area contributed by atoms with Gasteiger partial charge in [0.15, 0.2) is 0 Å². The van der Waals surface area contributed by atoms with E-state index in [1.807, 2.05) is 0 Å². The summed E-state index contributed by atoms with van der Waals surface area (Å²) in [5.74, 6) is 0. The summed E-state index contributed by atoms with van der Waals surface area (Å²) in [4.78, 5) is -0.114. The van der Waals surface area contributed by atoms with Crippen LogP contribution in [-0.4, -0.2) is 13.0 Å². The van der Waals surface area contributed by atoms with E-state index in [9.17, 15) is 8.42 Å². The highest BCUT2D eigenvalue weighted by Crippen LogP contribution is 2.13. The minimum atomic E-state index is -4.09. The largest absolute Gasteiger partial charge is 0.324 e. The first-order valence-electron chi connectivity index (χ1n) is 3.74. The van der Waals surface area contributed by atoms with Crippen LogP contribution in [0.25, 0.3) is 0 Å². The Balaban J connectivity index is 3.08. The predicted octanol–water partition coefficient (Wildman–Crippen LogP) is 0.953. The molecular weight excluding hydrogens is 190 g/mol. The van der Waals surface area contributed by atoms with Crippen molar-refractivity contribution in [2.75, 3.05) is 0 Å². The van der Waals surface area contributed by atoms with Crippen LogP contribution in [0.1, 0.15) is 18.5 Å². The first kappa shape index (κ1) is 10.2. The molecule has 5 heteroatoms. The molecule has 0 saturated carbocycles. The molecule has 72 valence electrons. The molecule has 4 nitrogen and oxygen atoms in total. The summed E-state index contributed by atoms with van der Waals surface area (Å²) in [6.45, 7) is 1.79. The SMILES string of the molecule is C[C@H](N)c1ccc(S(=O)(=O)O)cc1. The van der Waals surface area contributed by atoms with E-state index < -0.39 is 10.1 Å². The van der Waals surface area contributed by atoms with Crippen LogP contribution in [0.3, 0.4) is 0 Å². The fraction of sp³-hybridized carbons (Fsp3) is 0.250. The topological polar surface area (TPSA) is 80.4 Å². The summed E-state index contributed by atoms with van der Waals surface area (Å²) in [5.41, 5.74) is 6.39. The minimum absolute atomic E-state index is 0.114. The molecule has 0 aliphatic heterocycles. The van der Waals surface area contributed by atoms with E-state index in [-0.39, 0.29) is 10.9 Å². The summed E-state index contributed by atoms with van der Waals surface area (Å²) >= 11 is 0. The smallest absolute Gasteiger partial charge is 0.294 e. The number of benzene rings is 1. The fourth-order valence-electron chi connectivity index (χ4n) is 0.943. The molecule has 0 aliphatic carbocycles. The molecule has 3 N–H and O–H groups in total.